The van der Waals surface area contributed by atoms with Crippen LogP contribution in [0.5, 0.6) is 0 Å². The van der Waals surface area contributed by atoms with Crippen LogP contribution in [0.15, 0.2) is 50.9 Å². The zero-order valence-electron chi connectivity index (χ0n) is 10.6. The Morgan fingerprint density at radius 2 is 2.15 bits per heavy atom. The SMILES string of the molecule is Cc1cccc(C2=NC(=Cc3ccc(Br)s3)C(=O)O2)c1. The Hall–Kier alpha value is -1.72. The number of thiophene rings is 1. The Kier molecular flexibility index (Phi) is 3.54. The molecule has 2 aromatic rings. The predicted octanol–water partition coefficient (Wildman–Crippen LogP) is 4.16. The van der Waals surface area contributed by atoms with E-state index in [0.717, 1.165) is 19.8 Å². The van der Waals surface area contributed by atoms with Crippen LogP contribution in [0.1, 0.15) is 16.0 Å². The molecule has 0 atom stereocenters. The molecule has 3 nitrogen and oxygen atoms in total. The fourth-order valence-electron chi connectivity index (χ4n) is 1.85. The van der Waals surface area contributed by atoms with E-state index in [9.17, 15) is 4.79 Å². The molecule has 0 saturated carbocycles. The second kappa shape index (κ2) is 5.34. The second-order valence-electron chi connectivity index (χ2n) is 4.35. The quantitative estimate of drug-likeness (QED) is 0.604. The monoisotopic (exact) mass is 347 g/mol. The van der Waals surface area contributed by atoms with Crippen LogP contribution in [0.3, 0.4) is 0 Å². The molecule has 3 rings (SSSR count). The molecule has 0 N–H and O–H groups in total. The summed E-state index contributed by atoms with van der Waals surface area (Å²) < 4.78 is 6.24. The third-order valence-corrected chi connectivity index (χ3v) is 4.33. The number of ether oxygens (including phenoxy) is 1. The maximum absolute atomic E-state index is 11.8. The molecule has 0 spiro atoms. The van der Waals surface area contributed by atoms with Crippen molar-refractivity contribution in [2.45, 2.75) is 6.92 Å². The third-order valence-electron chi connectivity index (χ3n) is 2.76. The summed E-state index contributed by atoms with van der Waals surface area (Å²) >= 11 is 4.93. The van der Waals surface area contributed by atoms with Gasteiger partial charge in [0.05, 0.1) is 3.79 Å². The van der Waals surface area contributed by atoms with Gasteiger partial charge in [-0.05, 0) is 53.2 Å². The number of hydrogen-bond donors (Lipinski definition) is 0. The van der Waals surface area contributed by atoms with Gasteiger partial charge in [-0.15, -0.1) is 11.3 Å². The first-order valence-corrected chi connectivity index (χ1v) is 7.58. The first-order chi connectivity index (χ1) is 9.61. The van der Waals surface area contributed by atoms with Crippen LogP contribution >= 0.6 is 27.3 Å². The van der Waals surface area contributed by atoms with Gasteiger partial charge in [-0.1, -0.05) is 17.7 Å². The van der Waals surface area contributed by atoms with Crippen molar-refractivity contribution < 1.29 is 9.53 Å². The number of carbonyl (C=O) groups is 1. The van der Waals surface area contributed by atoms with E-state index in [-0.39, 0.29) is 0 Å². The molecule has 0 saturated heterocycles. The minimum Gasteiger partial charge on any atom is -0.402 e. The highest BCUT2D eigenvalue weighted by Crippen LogP contribution is 2.26. The Labute approximate surface area is 128 Å². The van der Waals surface area contributed by atoms with Crippen molar-refractivity contribution in [2.24, 2.45) is 4.99 Å². The zero-order valence-corrected chi connectivity index (χ0v) is 13.0. The molecule has 20 heavy (non-hydrogen) atoms. The van der Waals surface area contributed by atoms with Gasteiger partial charge in [0.15, 0.2) is 5.70 Å². The van der Waals surface area contributed by atoms with Crippen molar-refractivity contribution in [1.82, 2.24) is 0 Å². The lowest BCUT2D eigenvalue weighted by atomic mass is 10.1. The molecule has 0 bridgehead atoms. The van der Waals surface area contributed by atoms with Crippen molar-refractivity contribution in [2.75, 3.05) is 0 Å². The fourth-order valence-corrected chi connectivity index (χ4v) is 3.21. The normalized spacial score (nSPS) is 16.4. The van der Waals surface area contributed by atoms with E-state index in [0.29, 0.717) is 11.6 Å². The molecule has 2 heterocycles. The highest BCUT2D eigenvalue weighted by Gasteiger charge is 2.24. The number of cyclic esters (lactones) is 1. The van der Waals surface area contributed by atoms with E-state index >= 15 is 0 Å². The first-order valence-electron chi connectivity index (χ1n) is 5.97. The lowest BCUT2D eigenvalue weighted by molar-refractivity contribution is -0.129. The van der Waals surface area contributed by atoms with Gasteiger partial charge in [0.25, 0.3) is 0 Å². The number of halogens is 1. The Morgan fingerprint density at radius 1 is 1.30 bits per heavy atom. The number of aliphatic imine (C=N–C) groups is 1. The first kappa shape index (κ1) is 13.3. The minimum atomic E-state index is -0.411. The van der Waals surface area contributed by atoms with Crippen molar-refractivity contribution in [1.29, 1.82) is 0 Å². The molecule has 0 amide bonds. The number of hydrogen-bond acceptors (Lipinski definition) is 4. The Morgan fingerprint density at radius 3 is 2.85 bits per heavy atom. The van der Waals surface area contributed by atoms with Gasteiger partial charge in [0.1, 0.15) is 0 Å². The van der Waals surface area contributed by atoms with E-state index < -0.39 is 5.97 Å². The molecule has 100 valence electrons. The summed E-state index contributed by atoms with van der Waals surface area (Å²) in [5.41, 5.74) is 2.24. The van der Waals surface area contributed by atoms with Crippen molar-refractivity contribution in [3.63, 3.8) is 0 Å². The molecule has 0 radical (unpaired) electrons. The van der Waals surface area contributed by atoms with Crippen LogP contribution in [0.4, 0.5) is 0 Å². The molecule has 0 unspecified atom stereocenters. The molecule has 5 heteroatoms. The van der Waals surface area contributed by atoms with Crippen LogP contribution < -0.4 is 0 Å². The lowest BCUT2D eigenvalue weighted by Gasteiger charge is -1.99. The molecule has 0 fully saturated rings. The van der Waals surface area contributed by atoms with Gasteiger partial charge in [0, 0.05) is 10.4 Å². The summed E-state index contributed by atoms with van der Waals surface area (Å²) in [4.78, 5) is 17.1. The highest BCUT2D eigenvalue weighted by atomic mass is 79.9. The summed E-state index contributed by atoms with van der Waals surface area (Å²) in [7, 11) is 0. The van der Waals surface area contributed by atoms with Gasteiger partial charge in [0.2, 0.25) is 5.90 Å². The summed E-state index contributed by atoms with van der Waals surface area (Å²) in [6.45, 7) is 1.99. The molecule has 1 aromatic heterocycles. The lowest BCUT2D eigenvalue weighted by Crippen LogP contribution is -2.05. The number of carbonyl (C=O) groups excluding carboxylic acids is 1. The smallest absolute Gasteiger partial charge is 0.363 e. The number of aryl methyl sites for hydroxylation is 1. The average Bonchev–Trinajstić information content (AvgIpc) is 2.97. The fraction of sp³-hybridized carbons (Fsp3) is 0.0667. The van der Waals surface area contributed by atoms with Crippen molar-refractivity contribution in [3.05, 3.63) is 61.9 Å². The van der Waals surface area contributed by atoms with Gasteiger partial charge in [-0.3, -0.25) is 0 Å². The van der Waals surface area contributed by atoms with Crippen LogP contribution in [0.2, 0.25) is 0 Å². The van der Waals surface area contributed by atoms with E-state index in [2.05, 4.69) is 20.9 Å². The van der Waals surface area contributed by atoms with Gasteiger partial charge in [-0.25, -0.2) is 9.79 Å². The largest absolute Gasteiger partial charge is 0.402 e. The van der Waals surface area contributed by atoms with Crippen molar-refractivity contribution in [3.8, 4) is 0 Å². The number of nitrogens with zero attached hydrogens (tertiary/aromatic N) is 1. The van der Waals surface area contributed by atoms with Crippen molar-refractivity contribution >= 4 is 45.2 Å². The number of rotatable bonds is 2. The number of esters is 1. The molecular weight excluding hydrogens is 338 g/mol. The van der Waals surface area contributed by atoms with Crippen LogP contribution in [-0.2, 0) is 9.53 Å². The Bertz CT molecular complexity index is 746. The van der Waals surface area contributed by atoms with Gasteiger partial charge < -0.3 is 4.74 Å². The molecule has 1 aromatic carbocycles. The molecular formula is C15H10BrNO2S. The zero-order chi connectivity index (χ0) is 14.1. The summed E-state index contributed by atoms with van der Waals surface area (Å²) in [6, 6.07) is 11.6. The maximum Gasteiger partial charge on any atom is 0.363 e. The summed E-state index contributed by atoms with van der Waals surface area (Å²) in [5, 5.41) is 0. The topological polar surface area (TPSA) is 38.7 Å². The van der Waals surface area contributed by atoms with Crippen LogP contribution in [-0.4, -0.2) is 11.9 Å². The molecule has 1 aliphatic rings. The number of benzene rings is 1. The third kappa shape index (κ3) is 2.73. The van der Waals surface area contributed by atoms with Gasteiger partial charge in [-0.2, -0.15) is 0 Å². The van der Waals surface area contributed by atoms with E-state index in [1.54, 1.807) is 6.08 Å². The van der Waals surface area contributed by atoms with E-state index in [1.807, 2.05) is 43.3 Å². The standard InChI is InChI=1S/C15H10BrNO2S/c1-9-3-2-4-10(7-9)14-17-12(15(18)19-14)8-11-5-6-13(16)20-11/h2-8H,1H3. The maximum atomic E-state index is 11.8. The second-order valence-corrected chi connectivity index (χ2v) is 6.84. The van der Waals surface area contributed by atoms with Crippen LogP contribution in [0, 0.1) is 6.92 Å². The summed E-state index contributed by atoms with van der Waals surface area (Å²) in [5.74, 6) is -0.0494. The highest BCUT2D eigenvalue weighted by molar-refractivity contribution is 9.11. The molecule has 1 aliphatic heterocycles. The van der Waals surface area contributed by atoms with E-state index in [4.69, 9.17) is 4.74 Å². The van der Waals surface area contributed by atoms with Crippen LogP contribution in [0.25, 0.3) is 6.08 Å². The predicted molar refractivity (Wildman–Crippen MR) is 83.8 cm³/mol. The Balaban J connectivity index is 1.94. The minimum absolute atomic E-state index is 0.329. The summed E-state index contributed by atoms with van der Waals surface area (Å²) in [6.07, 6.45) is 1.74. The molecule has 0 aliphatic carbocycles. The van der Waals surface area contributed by atoms with Gasteiger partial charge >= 0.3 is 5.97 Å². The van der Waals surface area contributed by atoms with E-state index in [1.165, 1.54) is 11.3 Å². The average molecular weight is 348 g/mol.